The van der Waals surface area contributed by atoms with E-state index in [1.165, 1.54) is 4.90 Å². The molecule has 2 bridgehead atoms. The number of hydrogen-bond donors (Lipinski definition) is 0. The lowest BCUT2D eigenvalue weighted by atomic mass is 9.59. The lowest BCUT2D eigenvalue weighted by Gasteiger charge is -2.39. The third-order valence-electron chi connectivity index (χ3n) is 10.0. The smallest absolute Gasteiger partial charge is 0.239 e. The molecule has 0 radical (unpaired) electrons. The number of ketones is 1. The van der Waals surface area contributed by atoms with E-state index in [1.807, 2.05) is 84.9 Å². The van der Waals surface area contributed by atoms with E-state index >= 15 is 14.4 Å². The number of nitrogens with zero attached hydrogens (tertiary/aromatic N) is 1. The van der Waals surface area contributed by atoms with Gasteiger partial charge in [-0.05, 0) is 81.9 Å². The van der Waals surface area contributed by atoms with Gasteiger partial charge in [0.2, 0.25) is 11.8 Å². The molecule has 0 unspecified atom stereocenters. The summed E-state index contributed by atoms with van der Waals surface area (Å²) < 4.78 is 5.35. The van der Waals surface area contributed by atoms with Crippen LogP contribution >= 0.6 is 23.2 Å². The van der Waals surface area contributed by atoms with Crippen molar-refractivity contribution >= 4 is 57.6 Å². The predicted molar refractivity (Wildman–Crippen MR) is 183 cm³/mol. The lowest BCUT2D eigenvalue weighted by Crippen LogP contribution is -2.45. The van der Waals surface area contributed by atoms with Crippen molar-refractivity contribution in [3.63, 3.8) is 0 Å². The van der Waals surface area contributed by atoms with Crippen LogP contribution in [-0.4, -0.2) is 24.7 Å². The first-order chi connectivity index (χ1) is 22.8. The standard InChI is InChI=1S/C40H27Cl2NO4/c1-47-31-22-20-30(21-23-31)43-36(44)34-35(37(43)45)40(27-14-18-29(42)19-15-27)33(25-10-6-3-7-11-25)32(24-8-4-2-5-9-24)39(34,38(40)46)26-12-16-28(41)17-13-26/h2-23,34-35H,1H3/t34-,35+,39-,40-/m0/s1. The van der Waals surface area contributed by atoms with Crippen LogP contribution in [0.25, 0.3) is 11.1 Å². The van der Waals surface area contributed by atoms with Gasteiger partial charge in [0.15, 0.2) is 5.78 Å². The minimum Gasteiger partial charge on any atom is -0.497 e. The number of methoxy groups -OCH3 is 1. The van der Waals surface area contributed by atoms with Crippen LogP contribution in [-0.2, 0) is 25.2 Å². The summed E-state index contributed by atoms with van der Waals surface area (Å²) in [5.74, 6) is -2.54. The summed E-state index contributed by atoms with van der Waals surface area (Å²) in [7, 11) is 1.56. The molecule has 1 saturated carbocycles. The molecule has 5 aromatic carbocycles. The topological polar surface area (TPSA) is 63.7 Å². The number of imide groups is 1. The van der Waals surface area contributed by atoms with Crippen LogP contribution in [0.2, 0.25) is 10.0 Å². The van der Waals surface area contributed by atoms with Crippen LogP contribution in [0.4, 0.5) is 5.69 Å². The molecular weight excluding hydrogens is 629 g/mol. The molecule has 8 rings (SSSR count). The Labute approximate surface area is 282 Å². The summed E-state index contributed by atoms with van der Waals surface area (Å²) >= 11 is 12.8. The highest BCUT2D eigenvalue weighted by Crippen LogP contribution is 2.74. The molecule has 0 aromatic heterocycles. The number of anilines is 1. The summed E-state index contributed by atoms with van der Waals surface area (Å²) in [5.41, 5.74) is 1.63. The molecule has 1 heterocycles. The number of carbonyl (C=O) groups excluding carboxylic acids is 3. The van der Waals surface area contributed by atoms with Gasteiger partial charge < -0.3 is 4.74 Å². The Kier molecular flexibility index (Phi) is 6.76. The Morgan fingerprint density at radius 1 is 0.553 bits per heavy atom. The van der Waals surface area contributed by atoms with Crippen molar-refractivity contribution < 1.29 is 19.1 Å². The number of ether oxygens (including phenoxy) is 1. The third-order valence-corrected chi connectivity index (χ3v) is 10.6. The number of amides is 2. The molecule has 3 aliphatic rings. The first kappa shape index (κ1) is 29.4. The van der Waals surface area contributed by atoms with Gasteiger partial charge in [-0.25, -0.2) is 4.90 Å². The monoisotopic (exact) mass is 655 g/mol. The second-order valence-electron chi connectivity index (χ2n) is 12.1. The highest BCUT2D eigenvalue weighted by Gasteiger charge is 2.82. The number of benzene rings is 5. The van der Waals surface area contributed by atoms with Crippen LogP contribution in [0, 0.1) is 11.8 Å². The second-order valence-corrected chi connectivity index (χ2v) is 13.0. The first-order valence-corrected chi connectivity index (χ1v) is 16.1. The Morgan fingerprint density at radius 2 is 0.957 bits per heavy atom. The van der Waals surface area contributed by atoms with Crippen molar-refractivity contribution in [2.75, 3.05) is 12.0 Å². The fourth-order valence-electron chi connectivity index (χ4n) is 8.34. The normalized spacial score (nSPS) is 24.7. The van der Waals surface area contributed by atoms with Gasteiger partial charge >= 0.3 is 0 Å². The van der Waals surface area contributed by atoms with Crippen LogP contribution in [0.3, 0.4) is 0 Å². The summed E-state index contributed by atoms with van der Waals surface area (Å²) in [6.45, 7) is 0. The van der Waals surface area contributed by atoms with Crippen LogP contribution in [0.15, 0.2) is 133 Å². The Morgan fingerprint density at radius 3 is 1.34 bits per heavy atom. The SMILES string of the molecule is COc1ccc(N2C(=O)[C@@H]3[C@H](C2=O)[C@@]2(c4ccc(Cl)cc4)C(=O)[C@@]3(c3ccc(Cl)cc3)C(c3ccccc3)=C2c2ccccc2)cc1. The number of carbonyl (C=O) groups is 3. The van der Waals surface area contributed by atoms with Gasteiger partial charge in [0.05, 0.1) is 35.5 Å². The predicted octanol–water partition coefficient (Wildman–Crippen LogP) is 8.19. The van der Waals surface area contributed by atoms with Crippen molar-refractivity contribution in [1.82, 2.24) is 0 Å². The van der Waals surface area contributed by atoms with E-state index in [1.54, 1.807) is 55.6 Å². The van der Waals surface area contributed by atoms with E-state index in [-0.39, 0.29) is 5.78 Å². The molecule has 1 saturated heterocycles. The maximum atomic E-state index is 15.9. The van der Waals surface area contributed by atoms with Crippen molar-refractivity contribution in [1.29, 1.82) is 0 Å². The van der Waals surface area contributed by atoms with Crippen LogP contribution < -0.4 is 9.64 Å². The Bertz CT molecular complexity index is 1970. The van der Waals surface area contributed by atoms with Gasteiger partial charge in [-0.1, -0.05) is 108 Å². The average Bonchev–Trinajstić information content (AvgIpc) is 3.61. The minimum atomic E-state index is -1.52. The van der Waals surface area contributed by atoms with E-state index in [0.29, 0.717) is 43.8 Å². The van der Waals surface area contributed by atoms with Crippen molar-refractivity contribution in [2.24, 2.45) is 11.8 Å². The van der Waals surface area contributed by atoms with E-state index < -0.39 is 34.5 Å². The molecule has 47 heavy (non-hydrogen) atoms. The minimum absolute atomic E-state index is 0.210. The van der Waals surface area contributed by atoms with Gasteiger partial charge in [-0.3, -0.25) is 14.4 Å². The molecule has 5 nitrogen and oxygen atoms in total. The molecular formula is C40H27Cl2NO4. The summed E-state index contributed by atoms with van der Waals surface area (Å²) in [4.78, 5) is 47.3. The van der Waals surface area contributed by atoms with E-state index in [2.05, 4.69) is 0 Å². The third kappa shape index (κ3) is 3.87. The van der Waals surface area contributed by atoms with Gasteiger partial charge in [0, 0.05) is 10.0 Å². The molecule has 7 heteroatoms. The van der Waals surface area contributed by atoms with Crippen LogP contribution in [0.5, 0.6) is 5.75 Å². The van der Waals surface area contributed by atoms with Gasteiger partial charge in [-0.15, -0.1) is 0 Å². The number of rotatable bonds is 6. The number of Topliss-reactive ketones (excluding diaryl/α,β-unsaturated/α-hetero) is 1. The maximum absolute atomic E-state index is 15.9. The molecule has 5 aromatic rings. The zero-order chi connectivity index (χ0) is 32.5. The molecule has 1 aliphatic heterocycles. The molecule has 0 N–H and O–H groups in total. The van der Waals surface area contributed by atoms with Crippen molar-refractivity contribution in [3.8, 4) is 5.75 Å². The molecule has 2 aliphatic carbocycles. The quantitative estimate of drug-likeness (QED) is 0.173. The Hall–Kier alpha value is -4.97. The highest BCUT2D eigenvalue weighted by molar-refractivity contribution is 6.39. The van der Waals surface area contributed by atoms with Crippen molar-refractivity contribution in [2.45, 2.75) is 10.8 Å². The van der Waals surface area contributed by atoms with Crippen LogP contribution in [0.1, 0.15) is 22.3 Å². The van der Waals surface area contributed by atoms with Crippen molar-refractivity contribution in [3.05, 3.63) is 166 Å². The lowest BCUT2D eigenvalue weighted by molar-refractivity contribution is -0.130. The Balaban J connectivity index is 1.54. The molecule has 0 spiro atoms. The average molecular weight is 657 g/mol. The maximum Gasteiger partial charge on any atom is 0.239 e. The van der Waals surface area contributed by atoms with E-state index in [9.17, 15) is 0 Å². The van der Waals surface area contributed by atoms with Gasteiger partial charge in [0.25, 0.3) is 0 Å². The highest BCUT2D eigenvalue weighted by atomic mass is 35.5. The summed E-state index contributed by atoms with van der Waals surface area (Å²) in [6, 6.07) is 40.5. The van der Waals surface area contributed by atoms with Gasteiger partial charge in [-0.2, -0.15) is 0 Å². The first-order valence-electron chi connectivity index (χ1n) is 15.3. The number of allylic oxidation sites excluding steroid dienone is 2. The molecule has 2 fully saturated rings. The zero-order valence-electron chi connectivity index (χ0n) is 25.2. The van der Waals surface area contributed by atoms with Gasteiger partial charge in [0.1, 0.15) is 5.75 Å². The zero-order valence-corrected chi connectivity index (χ0v) is 26.7. The fourth-order valence-corrected chi connectivity index (χ4v) is 8.60. The fraction of sp³-hybridized carbons (Fsp3) is 0.125. The molecule has 4 atom stereocenters. The molecule has 2 amide bonds. The number of fused-ring (bicyclic) bond motifs is 5. The number of halogens is 2. The summed E-state index contributed by atoms with van der Waals surface area (Å²) in [5, 5.41) is 0.993. The van der Waals surface area contributed by atoms with E-state index in [4.69, 9.17) is 27.9 Å². The summed E-state index contributed by atoms with van der Waals surface area (Å²) in [6.07, 6.45) is 0. The largest absolute Gasteiger partial charge is 0.497 e. The molecule has 230 valence electrons. The second kappa shape index (κ2) is 10.8. The van der Waals surface area contributed by atoms with E-state index in [0.717, 1.165) is 11.1 Å². The number of hydrogen-bond acceptors (Lipinski definition) is 4.